The van der Waals surface area contributed by atoms with Gasteiger partial charge in [0, 0.05) is 24.5 Å². The van der Waals surface area contributed by atoms with E-state index < -0.39 is 0 Å². The lowest BCUT2D eigenvalue weighted by Crippen LogP contribution is -1.81. The highest BCUT2D eigenvalue weighted by atomic mass is 16.5. The van der Waals surface area contributed by atoms with Gasteiger partial charge in [0.2, 0.25) is 0 Å². The van der Waals surface area contributed by atoms with E-state index in [4.69, 9.17) is 4.74 Å². The Hall–Kier alpha value is -1.64. The van der Waals surface area contributed by atoms with Gasteiger partial charge in [0.05, 0.1) is 0 Å². The van der Waals surface area contributed by atoms with Crippen molar-refractivity contribution in [2.45, 2.75) is 0 Å². The molecule has 0 bridgehead atoms. The number of rotatable bonds is 2. The summed E-state index contributed by atoms with van der Waals surface area (Å²) in [5.41, 5.74) is 0. The highest BCUT2D eigenvalue weighted by molar-refractivity contribution is 5.19. The lowest BCUT2D eigenvalue weighted by Gasteiger charge is -1.96. The quantitative estimate of drug-likeness (QED) is 0.673. The number of aromatic nitrogens is 2. The van der Waals surface area contributed by atoms with Gasteiger partial charge in [-0.2, -0.15) is 0 Å². The predicted molar refractivity (Wildman–Crippen MR) is 41.7 cm³/mol. The fraction of sp³-hybridized carbons (Fsp3) is 0. The lowest BCUT2D eigenvalue weighted by molar-refractivity contribution is 0.450. The molecule has 3 heteroatoms. The molecule has 0 aliphatic carbocycles. The van der Waals surface area contributed by atoms with E-state index in [0.717, 1.165) is 11.8 Å². The first-order valence-corrected chi connectivity index (χ1v) is 3.40. The van der Waals surface area contributed by atoms with Crippen molar-refractivity contribution in [3.05, 3.63) is 36.7 Å². The van der Waals surface area contributed by atoms with Gasteiger partial charge in [-0.3, -0.25) is 0 Å². The van der Waals surface area contributed by atoms with E-state index in [1.165, 1.54) is 0 Å². The summed E-state index contributed by atoms with van der Waals surface area (Å²) in [7, 11) is 0. The maximum atomic E-state index is 5.35. The summed E-state index contributed by atoms with van der Waals surface area (Å²) < 4.78 is 5.35. The molecule has 0 saturated heterocycles. The largest absolute Gasteiger partial charge is 0.425 e. The standard InChI is InChI=1S/C8H8N2O/c1-3-7(9-5-1)11-8-4-2-6-10-8/h1-6,9-10H. The SMILES string of the molecule is c1c[nH]c(Oc2ccc[nH]2)c1. The van der Waals surface area contributed by atoms with Crippen LogP contribution in [0, 0.1) is 0 Å². The Morgan fingerprint density at radius 1 is 0.909 bits per heavy atom. The Balaban J connectivity index is 2.14. The Kier molecular flexibility index (Phi) is 1.41. The van der Waals surface area contributed by atoms with Gasteiger partial charge in [0.25, 0.3) is 0 Å². The summed E-state index contributed by atoms with van der Waals surface area (Å²) in [6, 6.07) is 7.50. The molecular formula is C8H8N2O. The second-order valence-electron chi connectivity index (χ2n) is 2.17. The van der Waals surface area contributed by atoms with E-state index in [1.54, 1.807) is 0 Å². The zero-order valence-corrected chi connectivity index (χ0v) is 5.87. The van der Waals surface area contributed by atoms with Gasteiger partial charge >= 0.3 is 0 Å². The molecule has 0 unspecified atom stereocenters. The molecule has 0 aliphatic rings. The molecule has 2 heterocycles. The van der Waals surface area contributed by atoms with Crippen LogP contribution in [0.25, 0.3) is 0 Å². The molecule has 2 aromatic heterocycles. The van der Waals surface area contributed by atoms with E-state index >= 15 is 0 Å². The van der Waals surface area contributed by atoms with Crippen molar-refractivity contribution in [3.63, 3.8) is 0 Å². The first kappa shape index (κ1) is 6.09. The van der Waals surface area contributed by atoms with Crippen molar-refractivity contribution in [2.75, 3.05) is 0 Å². The summed E-state index contributed by atoms with van der Waals surface area (Å²) >= 11 is 0. The average molecular weight is 148 g/mol. The fourth-order valence-corrected chi connectivity index (χ4v) is 0.873. The molecule has 3 nitrogen and oxygen atoms in total. The van der Waals surface area contributed by atoms with Crippen LogP contribution in [0.3, 0.4) is 0 Å². The van der Waals surface area contributed by atoms with E-state index in [-0.39, 0.29) is 0 Å². The minimum atomic E-state index is 0.743. The molecule has 0 amide bonds. The number of hydrogen-bond donors (Lipinski definition) is 2. The molecule has 0 atom stereocenters. The minimum absolute atomic E-state index is 0.743. The molecule has 0 aliphatic heterocycles. The van der Waals surface area contributed by atoms with Gasteiger partial charge in [0.1, 0.15) is 0 Å². The topological polar surface area (TPSA) is 40.8 Å². The molecule has 0 fully saturated rings. The van der Waals surface area contributed by atoms with Gasteiger partial charge in [0.15, 0.2) is 11.8 Å². The Morgan fingerprint density at radius 3 is 1.82 bits per heavy atom. The zero-order valence-electron chi connectivity index (χ0n) is 5.87. The molecule has 0 radical (unpaired) electrons. The number of aromatic amines is 2. The van der Waals surface area contributed by atoms with Crippen molar-refractivity contribution >= 4 is 0 Å². The highest BCUT2D eigenvalue weighted by Gasteiger charge is 1.94. The monoisotopic (exact) mass is 148 g/mol. The van der Waals surface area contributed by atoms with Gasteiger partial charge < -0.3 is 14.7 Å². The van der Waals surface area contributed by atoms with Crippen molar-refractivity contribution in [2.24, 2.45) is 0 Å². The average Bonchev–Trinajstić information content (AvgIpc) is 2.60. The summed E-state index contributed by atoms with van der Waals surface area (Å²) in [5.74, 6) is 1.49. The number of ether oxygens (including phenoxy) is 1. The Bertz CT molecular complexity index is 264. The Morgan fingerprint density at radius 2 is 1.45 bits per heavy atom. The van der Waals surface area contributed by atoms with E-state index in [0.29, 0.717) is 0 Å². The van der Waals surface area contributed by atoms with Crippen LogP contribution in [0.15, 0.2) is 36.7 Å². The summed E-state index contributed by atoms with van der Waals surface area (Å²) in [5, 5.41) is 0. The second kappa shape index (κ2) is 2.54. The first-order valence-electron chi connectivity index (χ1n) is 3.40. The van der Waals surface area contributed by atoms with E-state index in [1.807, 2.05) is 36.7 Å². The van der Waals surface area contributed by atoms with Crippen LogP contribution >= 0.6 is 0 Å². The Labute approximate surface area is 64.0 Å². The number of hydrogen-bond acceptors (Lipinski definition) is 1. The van der Waals surface area contributed by atoms with Gasteiger partial charge in [-0.1, -0.05) is 0 Å². The number of nitrogens with one attached hydrogen (secondary N) is 2. The third kappa shape index (κ3) is 1.26. The predicted octanol–water partition coefficient (Wildman–Crippen LogP) is 2.14. The maximum Gasteiger partial charge on any atom is 0.199 e. The molecule has 0 saturated carbocycles. The van der Waals surface area contributed by atoms with Crippen molar-refractivity contribution < 1.29 is 4.74 Å². The molecule has 2 rings (SSSR count). The molecule has 0 spiro atoms. The van der Waals surface area contributed by atoms with Gasteiger partial charge in [-0.05, 0) is 12.1 Å². The maximum absolute atomic E-state index is 5.35. The first-order chi connectivity index (χ1) is 5.45. The van der Waals surface area contributed by atoms with Crippen molar-refractivity contribution in [1.29, 1.82) is 0 Å². The van der Waals surface area contributed by atoms with Crippen LogP contribution < -0.4 is 4.74 Å². The van der Waals surface area contributed by atoms with Crippen LogP contribution in [0.1, 0.15) is 0 Å². The molecule has 11 heavy (non-hydrogen) atoms. The smallest absolute Gasteiger partial charge is 0.199 e. The number of H-pyrrole nitrogens is 2. The lowest BCUT2D eigenvalue weighted by atomic mass is 10.6. The molecule has 56 valence electrons. The summed E-state index contributed by atoms with van der Waals surface area (Å²) in [6.07, 6.45) is 3.64. The third-order valence-electron chi connectivity index (χ3n) is 1.36. The summed E-state index contributed by atoms with van der Waals surface area (Å²) in [6.45, 7) is 0. The minimum Gasteiger partial charge on any atom is -0.425 e. The van der Waals surface area contributed by atoms with E-state index in [2.05, 4.69) is 9.97 Å². The van der Waals surface area contributed by atoms with Crippen LogP contribution in [-0.2, 0) is 0 Å². The molecule has 2 N–H and O–H groups in total. The van der Waals surface area contributed by atoms with E-state index in [9.17, 15) is 0 Å². The van der Waals surface area contributed by atoms with Crippen molar-refractivity contribution in [1.82, 2.24) is 9.97 Å². The second-order valence-corrected chi connectivity index (χ2v) is 2.17. The molecular weight excluding hydrogens is 140 g/mol. The van der Waals surface area contributed by atoms with Gasteiger partial charge in [-0.25, -0.2) is 0 Å². The third-order valence-corrected chi connectivity index (χ3v) is 1.36. The normalized spacial score (nSPS) is 9.82. The summed E-state index contributed by atoms with van der Waals surface area (Å²) in [4.78, 5) is 5.87. The van der Waals surface area contributed by atoms with Crippen LogP contribution in [0.5, 0.6) is 11.8 Å². The molecule has 0 aromatic carbocycles. The van der Waals surface area contributed by atoms with Crippen molar-refractivity contribution in [3.8, 4) is 11.8 Å². The van der Waals surface area contributed by atoms with Gasteiger partial charge in [-0.15, -0.1) is 0 Å². The zero-order chi connectivity index (χ0) is 7.52. The van der Waals surface area contributed by atoms with Crippen LogP contribution in [0.4, 0.5) is 0 Å². The van der Waals surface area contributed by atoms with Crippen LogP contribution in [-0.4, -0.2) is 9.97 Å². The van der Waals surface area contributed by atoms with Crippen LogP contribution in [0.2, 0.25) is 0 Å². The fourth-order valence-electron chi connectivity index (χ4n) is 0.873. The highest BCUT2D eigenvalue weighted by Crippen LogP contribution is 2.15. The molecule has 2 aromatic rings.